The van der Waals surface area contributed by atoms with E-state index < -0.39 is 9.84 Å². The Balaban J connectivity index is 2.13. The Morgan fingerprint density at radius 3 is 2.88 bits per heavy atom. The zero-order chi connectivity index (χ0) is 11.8. The molecule has 7 heteroatoms. The van der Waals surface area contributed by atoms with E-state index in [0.717, 1.165) is 0 Å². The maximum absolute atomic E-state index is 11.2. The first kappa shape index (κ1) is 11.1. The molecule has 1 aromatic rings. The van der Waals surface area contributed by atoms with Crippen LogP contribution in [0.25, 0.3) is 0 Å². The highest BCUT2D eigenvalue weighted by Crippen LogP contribution is 2.15. The van der Waals surface area contributed by atoms with Crippen molar-refractivity contribution >= 4 is 15.7 Å². The summed E-state index contributed by atoms with van der Waals surface area (Å²) >= 11 is 0. The molecular formula is C9H13N3O3S. The molecule has 0 saturated carbocycles. The van der Waals surface area contributed by atoms with Crippen molar-refractivity contribution in [3.8, 4) is 0 Å². The topological polar surface area (TPSA) is 91.9 Å². The number of sulfone groups is 1. The van der Waals surface area contributed by atoms with Crippen molar-refractivity contribution in [2.45, 2.75) is 19.4 Å². The van der Waals surface area contributed by atoms with Crippen molar-refractivity contribution in [3.05, 3.63) is 22.2 Å². The lowest BCUT2D eigenvalue weighted by molar-refractivity contribution is 0.602. The van der Waals surface area contributed by atoms with Gasteiger partial charge in [0.1, 0.15) is 11.6 Å². The van der Waals surface area contributed by atoms with E-state index in [9.17, 15) is 13.2 Å². The van der Waals surface area contributed by atoms with Gasteiger partial charge in [0.25, 0.3) is 5.56 Å². The first-order chi connectivity index (χ1) is 7.44. The van der Waals surface area contributed by atoms with Crippen molar-refractivity contribution in [2.24, 2.45) is 0 Å². The molecule has 2 heterocycles. The summed E-state index contributed by atoms with van der Waals surface area (Å²) < 4.78 is 22.5. The fraction of sp³-hybridized carbons (Fsp3) is 0.556. The summed E-state index contributed by atoms with van der Waals surface area (Å²) in [5.74, 6) is 1.26. The van der Waals surface area contributed by atoms with Gasteiger partial charge < -0.3 is 10.3 Å². The largest absolute Gasteiger partial charge is 0.366 e. The second-order valence-electron chi connectivity index (χ2n) is 3.96. The fourth-order valence-corrected chi connectivity index (χ4v) is 3.44. The Hall–Kier alpha value is -1.37. The Morgan fingerprint density at radius 1 is 1.56 bits per heavy atom. The summed E-state index contributed by atoms with van der Waals surface area (Å²) in [6, 6.07) is 1.19. The molecule has 1 aromatic heterocycles. The molecule has 0 spiro atoms. The Morgan fingerprint density at radius 2 is 2.31 bits per heavy atom. The van der Waals surface area contributed by atoms with E-state index in [1.165, 1.54) is 6.07 Å². The minimum atomic E-state index is -2.91. The normalized spacial score (nSPS) is 23.2. The zero-order valence-corrected chi connectivity index (χ0v) is 9.67. The molecule has 1 saturated heterocycles. The highest BCUT2D eigenvalue weighted by Gasteiger charge is 2.27. The van der Waals surface area contributed by atoms with Crippen LogP contribution in [-0.2, 0) is 9.84 Å². The molecule has 1 atom stereocenters. The molecule has 0 amide bonds. The van der Waals surface area contributed by atoms with Gasteiger partial charge >= 0.3 is 0 Å². The lowest BCUT2D eigenvalue weighted by Crippen LogP contribution is -2.23. The third-order valence-corrected chi connectivity index (χ3v) is 4.21. The van der Waals surface area contributed by atoms with Crippen LogP contribution >= 0.6 is 0 Å². The lowest BCUT2D eigenvalue weighted by Gasteiger charge is -2.10. The van der Waals surface area contributed by atoms with Gasteiger partial charge in [0.2, 0.25) is 0 Å². The number of aryl methyl sites for hydroxylation is 1. The molecular weight excluding hydrogens is 230 g/mol. The molecule has 0 aliphatic carbocycles. The van der Waals surface area contributed by atoms with Gasteiger partial charge in [0.05, 0.1) is 11.5 Å². The van der Waals surface area contributed by atoms with E-state index >= 15 is 0 Å². The van der Waals surface area contributed by atoms with Gasteiger partial charge in [-0.05, 0) is 13.3 Å². The minimum absolute atomic E-state index is 0.112. The summed E-state index contributed by atoms with van der Waals surface area (Å²) in [6.45, 7) is 1.68. The second kappa shape index (κ2) is 3.89. The fourth-order valence-electron chi connectivity index (χ4n) is 1.77. The Bertz CT molecular complexity index is 549. The van der Waals surface area contributed by atoms with E-state index in [1.807, 2.05) is 0 Å². The molecule has 1 aliphatic rings. The average Bonchev–Trinajstić information content (AvgIpc) is 2.43. The van der Waals surface area contributed by atoms with Crippen LogP contribution in [0.5, 0.6) is 0 Å². The number of rotatable bonds is 2. The number of aromatic nitrogens is 2. The quantitative estimate of drug-likeness (QED) is 0.742. The number of hydrogen-bond acceptors (Lipinski definition) is 5. The van der Waals surface area contributed by atoms with E-state index in [0.29, 0.717) is 18.1 Å². The van der Waals surface area contributed by atoms with Crippen LogP contribution in [0, 0.1) is 6.92 Å². The van der Waals surface area contributed by atoms with Crippen LogP contribution in [0.4, 0.5) is 5.82 Å². The van der Waals surface area contributed by atoms with Gasteiger partial charge in [0, 0.05) is 12.1 Å². The molecule has 2 N–H and O–H groups in total. The first-order valence-electron chi connectivity index (χ1n) is 4.99. The number of aromatic amines is 1. The van der Waals surface area contributed by atoms with Gasteiger partial charge in [-0.1, -0.05) is 0 Å². The molecule has 1 unspecified atom stereocenters. The molecule has 0 radical (unpaired) electrons. The number of hydrogen-bond donors (Lipinski definition) is 2. The van der Waals surface area contributed by atoms with Crippen LogP contribution in [0.15, 0.2) is 10.9 Å². The summed E-state index contributed by atoms with van der Waals surface area (Å²) in [5, 5.41) is 2.97. The Labute approximate surface area is 93.0 Å². The number of nitrogens with one attached hydrogen (secondary N) is 2. The Kier molecular flexibility index (Phi) is 2.71. The number of anilines is 1. The van der Waals surface area contributed by atoms with Gasteiger partial charge in [-0.15, -0.1) is 0 Å². The molecule has 88 valence electrons. The molecule has 1 aliphatic heterocycles. The number of H-pyrrole nitrogens is 1. The predicted octanol–water partition coefficient (Wildman–Crippen LogP) is -0.323. The third kappa shape index (κ3) is 2.60. The van der Waals surface area contributed by atoms with Crippen LogP contribution in [0.2, 0.25) is 0 Å². The molecule has 16 heavy (non-hydrogen) atoms. The second-order valence-corrected chi connectivity index (χ2v) is 6.19. The van der Waals surface area contributed by atoms with Crippen molar-refractivity contribution in [2.75, 3.05) is 16.8 Å². The van der Waals surface area contributed by atoms with Crippen LogP contribution in [0.1, 0.15) is 12.2 Å². The van der Waals surface area contributed by atoms with Crippen molar-refractivity contribution in [3.63, 3.8) is 0 Å². The molecule has 0 aromatic carbocycles. The minimum Gasteiger partial charge on any atom is -0.366 e. The van der Waals surface area contributed by atoms with Gasteiger partial charge in [0.15, 0.2) is 9.84 Å². The highest BCUT2D eigenvalue weighted by atomic mass is 32.2. The standard InChI is InChI=1S/C9H13N3O3S/c1-6-10-8(4-9(13)11-6)12-7-2-3-16(14,15)5-7/h4,7H,2-3,5H2,1H3,(H2,10,11,12,13). The van der Waals surface area contributed by atoms with E-state index in [1.54, 1.807) is 6.92 Å². The van der Waals surface area contributed by atoms with Crippen LogP contribution in [-0.4, -0.2) is 35.9 Å². The van der Waals surface area contributed by atoms with Gasteiger partial charge in [-0.2, -0.15) is 0 Å². The van der Waals surface area contributed by atoms with Crippen LogP contribution < -0.4 is 10.9 Å². The number of nitrogens with zero attached hydrogens (tertiary/aromatic N) is 1. The zero-order valence-electron chi connectivity index (χ0n) is 8.86. The average molecular weight is 243 g/mol. The lowest BCUT2D eigenvalue weighted by atomic mass is 10.2. The van der Waals surface area contributed by atoms with Gasteiger partial charge in [-0.3, -0.25) is 4.79 Å². The smallest absolute Gasteiger partial charge is 0.252 e. The van der Waals surface area contributed by atoms with E-state index in [2.05, 4.69) is 15.3 Å². The van der Waals surface area contributed by atoms with Crippen molar-refractivity contribution in [1.29, 1.82) is 0 Å². The summed E-state index contributed by atoms with van der Waals surface area (Å²) in [6.07, 6.45) is 0.565. The van der Waals surface area contributed by atoms with Crippen molar-refractivity contribution < 1.29 is 8.42 Å². The third-order valence-electron chi connectivity index (χ3n) is 2.44. The molecule has 0 bridgehead atoms. The maximum atomic E-state index is 11.2. The first-order valence-corrected chi connectivity index (χ1v) is 6.82. The molecule has 1 fully saturated rings. The molecule has 6 nitrogen and oxygen atoms in total. The summed E-state index contributed by atoms with van der Waals surface area (Å²) in [4.78, 5) is 17.8. The highest BCUT2D eigenvalue weighted by molar-refractivity contribution is 7.91. The van der Waals surface area contributed by atoms with Crippen molar-refractivity contribution in [1.82, 2.24) is 9.97 Å². The maximum Gasteiger partial charge on any atom is 0.252 e. The predicted molar refractivity (Wildman–Crippen MR) is 60.3 cm³/mol. The summed E-state index contributed by atoms with van der Waals surface area (Å²) in [5.41, 5.74) is -0.240. The SMILES string of the molecule is Cc1nc(NC2CCS(=O)(=O)C2)cc(=O)[nH]1. The van der Waals surface area contributed by atoms with Crippen LogP contribution in [0.3, 0.4) is 0 Å². The van der Waals surface area contributed by atoms with E-state index in [4.69, 9.17) is 0 Å². The summed E-state index contributed by atoms with van der Waals surface area (Å²) in [7, 11) is -2.91. The van der Waals surface area contributed by atoms with E-state index in [-0.39, 0.29) is 23.1 Å². The molecule has 2 rings (SSSR count). The monoisotopic (exact) mass is 243 g/mol. The van der Waals surface area contributed by atoms with Gasteiger partial charge in [-0.25, -0.2) is 13.4 Å².